The van der Waals surface area contributed by atoms with E-state index >= 15 is 0 Å². The molecular weight excluding hydrogens is 428 g/mol. The molecule has 0 atom stereocenters. The summed E-state index contributed by atoms with van der Waals surface area (Å²) in [4.78, 5) is 47.4. The average molecular weight is 444 g/mol. The van der Waals surface area contributed by atoms with Crippen molar-refractivity contribution < 1.29 is 23.7 Å². The highest BCUT2D eigenvalue weighted by molar-refractivity contribution is 5.97. The van der Waals surface area contributed by atoms with Crippen molar-refractivity contribution in [1.29, 1.82) is 0 Å². The van der Waals surface area contributed by atoms with Crippen molar-refractivity contribution in [3.05, 3.63) is 116 Å². The molecule has 0 saturated carbocycles. The number of amides is 1. The van der Waals surface area contributed by atoms with Gasteiger partial charge in [-0.3, -0.25) is 14.9 Å². The topological polar surface area (TPSA) is 129 Å². The number of carbonyl (C=O) groups excluding carboxylic acids is 2. The predicted octanol–water partition coefficient (Wildman–Crippen LogP) is 3.85. The van der Waals surface area contributed by atoms with Crippen LogP contribution in [0.25, 0.3) is 11.0 Å². The second-order valence-electron chi connectivity index (χ2n) is 7.01. The van der Waals surface area contributed by atoms with Crippen LogP contribution >= 0.6 is 0 Å². The van der Waals surface area contributed by atoms with Gasteiger partial charge in [0.15, 0.2) is 0 Å². The molecule has 0 fully saturated rings. The number of fused-ring (bicyclic) bond motifs is 1. The van der Waals surface area contributed by atoms with Crippen LogP contribution in [0.1, 0.15) is 26.3 Å². The summed E-state index contributed by atoms with van der Waals surface area (Å²) in [6.45, 7) is 0.254. The Kier molecular flexibility index (Phi) is 5.94. The molecule has 1 aromatic heterocycles. The molecule has 33 heavy (non-hydrogen) atoms. The summed E-state index contributed by atoms with van der Waals surface area (Å²) in [5, 5.41) is 14.0. The van der Waals surface area contributed by atoms with Crippen LogP contribution in [0.15, 0.2) is 88.1 Å². The fourth-order valence-electron chi connectivity index (χ4n) is 3.10. The van der Waals surface area contributed by atoms with E-state index in [0.29, 0.717) is 5.39 Å². The Morgan fingerprint density at radius 2 is 1.76 bits per heavy atom. The number of rotatable bonds is 6. The minimum absolute atomic E-state index is 0.00353. The molecule has 9 nitrogen and oxygen atoms in total. The molecular formula is C24H16N2O7. The first-order valence-corrected chi connectivity index (χ1v) is 9.77. The van der Waals surface area contributed by atoms with Gasteiger partial charge in [-0.15, -0.1) is 0 Å². The van der Waals surface area contributed by atoms with E-state index in [2.05, 4.69) is 5.32 Å². The summed E-state index contributed by atoms with van der Waals surface area (Å²) in [6, 6.07) is 20.1. The van der Waals surface area contributed by atoms with Crippen LogP contribution in [0.3, 0.4) is 0 Å². The molecule has 0 unspecified atom stereocenters. The fourth-order valence-corrected chi connectivity index (χ4v) is 3.10. The lowest BCUT2D eigenvalue weighted by atomic mass is 10.1. The summed E-state index contributed by atoms with van der Waals surface area (Å²) >= 11 is 0. The third-order valence-electron chi connectivity index (χ3n) is 4.75. The fraction of sp³-hybridized carbons (Fsp3) is 0.0417. The predicted molar refractivity (Wildman–Crippen MR) is 118 cm³/mol. The van der Waals surface area contributed by atoms with Crippen LogP contribution in [-0.4, -0.2) is 16.8 Å². The first-order chi connectivity index (χ1) is 15.9. The number of carbonyl (C=O) groups is 2. The van der Waals surface area contributed by atoms with Crippen molar-refractivity contribution in [2.45, 2.75) is 6.54 Å². The van der Waals surface area contributed by atoms with E-state index in [1.165, 1.54) is 42.5 Å². The van der Waals surface area contributed by atoms with Gasteiger partial charge in [0.05, 0.1) is 10.5 Å². The Labute approximate surface area is 186 Å². The van der Waals surface area contributed by atoms with Crippen LogP contribution in [0.5, 0.6) is 5.75 Å². The van der Waals surface area contributed by atoms with Crippen molar-refractivity contribution >= 4 is 28.5 Å². The van der Waals surface area contributed by atoms with Crippen LogP contribution in [0.2, 0.25) is 0 Å². The summed E-state index contributed by atoms with van der Waals surface area (Å²) in [7, 11) is 0. The van der Waals surface area contributed by atoms with Crippen molar-refractivity contribution in [3.8, 4) is 5.75 Å². The van der Waals surface area contributed by atoms with Gasteiger partial charge in [-0.25, -0.2) is 9.59 Å². The number of esters is 1. The van der Waals surface area contributed by atoms with E-state index in [1.54, 1.807) is 0 Å². The molecule has 3 aromatic carbocycles. The Morgan fingerprint density at radius 3 is 2.52 bits per heavy atom. The number of hydrogen-bond acceptors (Lipinski definition) is 7. The van der Waals surface area contributed by atoms with Gasteiger partial charge in [-0.1, -0.05) is 36.4 Å². The summed E-state index contributed by atoms with van der Waals surface area (Å²) in [5.74, 6) is -1.31. The summed E-state index contributed by atoms with van der Waals surface area (Å²) < 4.78 is 10.5. The van der Waals surface area contributed by atoms with Gasteiger partial charge in [0.2, 0.25) is 0 Å². The maximum atomic E-state index is 12.4. The number of benzene rings is 3. The van der Waals surface area contributed by atoms with Gasteiger partial charge in [0.1, 0.15) is 16.9 Å². The number of nitro groups is 1. The monoisotopic (exact) mass is 444 g/mol. The van der Waals surface area contributed by atoms with Crippen molar-refractivity contribution in [2.24, 2.45) is 0 Å². The number of hydrogen-bond donors (Lipinski definition) is 1. The van der Waals surface area contributed by atoms with Gasteiger partial charge >= 0.3 is 11.6 Å². The molecule has 0 aliphatic heterocycles. The van der Waals surface area contributed by atoms with Gasteiger partial charge in [-0.2, -0.15) is 0 Å². The third kappa shape index (κ3) is 4.93. The molecule has 164 valence electrons. The molecule has 9 heteroatoms. The van der Waals surface area contributed by atoms with Gasteiger partial charge in [0.25, 0.3) is 11.6 Å². The highest BCUT2D eigenvalue weighted by atomic mass is 16.6. The second kappa shape index (κ2) is 9.15. The van der Waals surface area contributed by atoms with E-state index < -0.39 is 22.4 Å². The average Bonchev–Trinajstić information content (AvgIpc) is 2.82. The second-order valence-corrected chi connectivity index (χ2v) is 7.01. The molecule has 0 aliphatic rings. The largest absolute Gasteiger partial charge is 0.423 e. The maximum absolute atomic E-state index is 12.4. The summed E-state index contributed by atoms with van der Waals surface area (Å²) in [6.07, 6.45) is 0. The SMILES string of the molecule is O=C(Oc1ccc2cc(C(=O)NCc3ccccc3)c(=O)oc2c1)c1cccc([N+](=O)[O-])c1. The number of nitro benzene ring substituents is 1. The molecule has 1 N–H and O–H groups in total. The van der Waals surface area contributed by atoms with E-state index in [0.717, 1.165) is 11.6 Å². The van der Waals surface area contributed by atoms with E-state index in [9.17, 15) is 24.5 Å². The minimum atomic E-state index is -0.838. The molecule has 0 saturated heterocycles. The number of non-ortho nitro benzene ring substituents is 1. The molecule has 0 aliphatic carbocycles. The lowest BCUT2D eigenvalue weighted by molar-refractivity contribution is -0.384. The highest BCUT2D eigenvalue weighted by Gasteiger charge is 2.16. The highest BCUT2D eigenvalue weighted by Crippen LogP contribution is 2.22. The Bertz CT molecular complexity index is 1430. The molecule has 0 spiro atoms. The van der Waals surface area contributed by atoms with E-state index in [-0.39, 0.29) is 34.7 Å². The smallest absolute Gasteiger partial charge is 0.349 e. The quantitative estimate of drug-likeness (QED) is 0.157. The molecule has 1 heterocycles. The van der Waals surface area contributed by atoms with Crippen LogP contribution in [0, 0.1) is 10.1 Å². The van der Waals surface area contributed by atoms with Gasteiger partial charge < -0.3 is 14.5 Å². The zero-order valence-electron chi connectivity index (χ0n) is 17.0. The molecule has 0 radical (unpaired) electrons. The standard InChI is InChI=1S/C24H16N2O7/c27-22(25-14-15-5-2-1-3-6-15)20-12-16-9-10-19(13-21(16)33-24(20)29)32-23(28)17-7-4-8-18(11-17)26(30)31/h1-13H,14H2,(H,25,27). The van der Waals surface area contributed by atoms with E-state index in [4.69, 9.17) is 9.15 Å². The molecule has 4 aromatic rings. The Morgan fingerprint density at radius 1 is 0.970 bits per heavy atom. The zero-order valence-corrected chi connectivity index (χ0v) is 17.0. The first-order valence-electron chi connectivity index (χ1n) is 9.77. The third-order valence-corrected chi connectivity index (χ3v) is 4.75. The minimum Gasteiger partial charge on any atom is -0.423 e. The normalized spacial score (nSPS) is 10.5. The van der Waals surface area contributed by atoms with Crippen LogP contribution in [0.4, 0.5) is 5.69 Å². The number of nitrogens with zero attached hydrogens (tertiary/aromatic N) is 1. The van der Waals surface area contributed by atoms with Gasteiger partial charge in [0, 0.05) is 30.1 Å². The Hall–Kier alpha value is -4.79. The lowest BCUT2D eigenvalue weighted by Crippen LogP contribution is -2.27. The summed E-state index contributed by atoms with van der Waals surface area (Å²) in [5.41, 5.74) is -0.242. The van der Waals surface area contributed by atoms with Crippen molar-refractivity contribution in [3.63, 3.8) is 0 Å². The van der Waals surface area contributed by atoms with Crippen LogP contribution in [-0.2, 0) is 6.54 Å². The maximum Gasteiger partial charge on any atom is 0.349 e. The van der Waals surface area contributed by atoms with Crippen molar-refractivity contribution in [2.75, 3.05) is 0 Å². The number of ether oxygens (including phenoxy) is 1. The van der Waals surface area contributed by atoms with Crippen LogP contribution < -0.4 is 15.7 Å². The Balaban J connectivity index is 1.52. The van der Waals surface area contributed by atoms with Gasteiger partial charge in [-0.05, 0) is 29.8 Å². The zero-order chi connectivity index (χ0) is 23.4. The lowest BCUT2D eigenvalue weighted by Gasteiger charge is -2.07. The van der Waals surface area contributed by atoms with E-state index in [1.807, 2.05) is 30.3 Å². The first kappa shape index (κ1) is 21.4. The van der Waals surface area contributed by atoms with Crippen molar-refractivity contribution in [1.82, 2.24) is 5.32 Å². The molecule has 4 rings (SSSR count). The number of nitrogens with one attached hydrogen (secondary N) is 1. The molecule has 1 amide bonds. The molecule has 0 bridgehead atoms.